The average molecular weight is 416 g/mol. The van der Waals surface area contributed by atoms with Crippen LogP contribution in [-0.4, -0.2) is 39.6 Å². The molecule has 2 amide bonds. The molecule has 8 nitrogen and oxygen atoms in total. The van der Waals surface area contributed by atoms with E-state index in [1.54, 1.807) is 25.7 Å². The van der Waals surface area contributed by atoms with Crippen LogP contribution in [0.5, 0.6) is 5.75 Å². The molecule has 0 aliphatic rings. The number of fused-ring (bicyclic) bond motifs is 1. The lowest BCUT2D eigenvalue weighted by Crippen LogP contribution is -2.40. The SMILES string of the molecule is COc1ccc(CC(NC(=O)NCCc2cnccn2)c2nc3ccccc3[nH]2)cc1. The highest BCUT2D eigenvalue weighted by molar-refractivity contribution is 5.76. The summed E-state index contributed by atoms with van der Waals surface area (Å²) >= 11 is 0. The molecule has 8 heteroatoms. The summed E-state index contributed by atoms with van der Waals surface area (Å²) in [6.07, 6.45) is 6.15. The van der Waals surface area contributed by atoms with Gasteiger partial charge in [0.25, 0.3) is 0 Å². The summed E-state index contributed by atoms with van der Waals surface area (Å²) in [5.74, 6) is 1.50. The van der Waals surface area contributed by atoms with E-state index in [0.29, 0.717) is 25.2 Å². The molecule has 0 radical (unpaired) electrons. The lowest BCUT2D eigenvalue weighted by atomic mass is 10.1. The second kappa shape index (κ2) is 9.71. The first-order valence-corrected chi connectivity index (χ1v) is 10.1. The van der Waals surface area contributed by atoms with Crippen molar-refractivity contribution in [3.63, 3.8) is 0 Å². The van der Waals surface area contributed by atoms with Gasteiger partial charge in [-0.2, -0.15) is 0 Å². The lowest BCUT2D eigenvalue weighted by molar-refractivity contribution is 0.236. The number of hydrogen-bond acceptors (Lipinski definition) is 5. The van der Waals surface area contributed by atoms with Crippen molar-refractivity contribution in [2.75, 3.05) is 13.7 Å². The number of hydrogen-bond donors (Lipinski definition) is 3. The number of para-hydroxylation sites is 2. The predicted octanol–water partition coefficient (Wildman–Crippen LogP) is 3.19. The number of methoxy groups -OCH3 is 1. The van der Waals surface area contributed by atoms with Crippen LogP contribution in [0.25, 0.3) is 11.0 Å². The van der Waals surface area contributed by atoms with Gasteiger partial charge in [0.2, 0.25) is 0 Å². The molecular weight excluding hydrogens is 392 g/mol. The first kappa shape index (κ1) is 20.3. The Labute approximate surface area is 180 Å². The number of carbonyl (C=O) groups is 1. The van der Waals surface area contributed by atoms with E-state index in [0.717, 1.165) is 28.0 Å². The number of aromatic amines is 1. The standard InChI is InChI=1S/C23H24N6O2/c1-31-18-8-6-16(7-9-18)14-21(22-27-19-4-2-3-5-20(19)28-22)29-23(30)26-11-10-17-15-24-12-13-25-17/h2-9,12-13,15,21H,10-11,14H2,1H3,(H,27,28)(H2,26,29,30). The molecule has 4 rings (SSSR count). The van der Waals surface area contributed by atoms with Crippen LogP contribution in [0, 0.1) is 0 Å². The third kappa shape index (κ3) is 5.36. The second-order valence-corrected chi connectivity index (χ2v) is 7.09. The first-order valence-electron chi connectivity index (χ1n) is 10.1. The van der Waals surface area contributed by atoms with Crippen molar-refractivity contribution in [2.45, 2.75) is 18.9 Å². The van der Waals surface area contributed by atoms with Crippen molar-refractivity contribution >= 4 is 17.1 Å². The minimum atomic E-state index is -0.322. The van der Waals surface area contributed by atoms with Crippen molar-refractivity contribution < 1.29 is 9.53 Å². The maximum atomic E-state index is 12.6. The molecule has 0 saturated carbocycles. The molecule has 2 aromatic carbocycles. The molecule has 0 aliphatic heterocycles. The normalized spacial score (nSPS) is 11.8. The Bertz CT molecular complexity index is 1090. The predicted molar refractivity (Wildman–Crippen MR) is 118 cm³/mol. The van der Waals surface area contributed by atoms with Gasteiger partial charge < -0.3 is 20.4 Å². The Morgan fingerprint density at radius 2 is 1.97 bits per heavy atom. The summed E-state index contributed by atoms with van der Waals surface area (Å²) in [5, 5.41) is 5.94. The summed E-state index contributed by atoms with van der Waals surface area (Å²) in [4.78, 5) is 28.9. The largest absolute Gasteiger partial charge is 0.497 e. The summed E-state index contributed by atoms with van der Waals surface area (Å²) in [6.45, 7) is 0.458. The molecule has 2 aromatic heterocycles. The first-order chi connectivity index (χ1) is 15.2. The Morgan fingerprint density at radius 1 is 1.13 bits per heavy atom. The molecule has 31 heavy (non-hydrogen) atoms. The Morgan fingerprint density at radius 3 is 2.71 bits per heavy atom. The van der Waals surface area contributed by atoms with Gasteiger partial charge in [0.05, 0.1) is 29.9 Å². The van der Waals surface area contributed by atoms with Gasteiger partial charge in [0.1, 0.15) is 11.6 Å². The van der Waals surface area contributed by atoms with Crippen LogP contribution in [0.1, 0.15) is 23.1 Å². The Hall–Kier alpha value is -3.94. The number of urea groups is 1. The molecule has 0 spiro atoms. The number of carbonyl (C=O) groups excluding carboxylic acids is 1. The molecule has 0 bridgehead atoms. The summed E-state index contributed by atoms with van der Waals surface area (Å²) in [7, 11) is 1.64. The van der Waals surface area contributed by atoms with Crippen molar-refractivity contribution in [2.24, 2.45) is 0 Å². The van der Waals surface area contributed by atoms with Crippen molar-refractivity contribution in [1.29, 1.82) is 0 Å². The number of ether oxygens (including phenoxy) is 1. The van der Waals surface area contributed by atoms with E-state index in [-0.39, 0.29) is 12.1 Å². The van der Waals surface area contributed by atoms with Crippen molar-refractivity contribution in [1.82, 2.24) is 30.6 Å². The van der Waals surface area contributed by atoms with Crippen LogP contribution in [0.3, 0.4) is 0 Å². The topological polar surface area (TPSA) is 105 Å². The Kier molecular flexibility index (Phi) is 6.37. The van der Waals surface area contributed by atoms with Gasteiger partial charge in [-0.1, -0.05) is 24.3 Å². The van der Waals surface area contributed by atoms with Crippen molar-refractivity contribution in [3.05, 3.63) is 84.2 Å². The maximum Gasteiger partial charge on any atom is 0.315 e. The van der Waals surface area contributed by atoms with E-state index in [9.17, 15) is 4.79 Å². The molecule has 158 valence electrons. The second-order valence-electron chi connectivity index (χ2n) is 7.09. The highest BCUT2D eigenvalue weighted by atomic mass is 16.5. The monoisotopic (exact) mass is 416 g/mol. The van der Waals surface area contributed by atoms with E-state index in [4.69, 9.17) is 4.74 Å². The van der Waals surface area contributed by atoms with Gasteiger partial charge in [-0.3, -0.25) is 9.97 Å². The fourth-order valence-corrected chi connectivity index (χ4v) is 3.32. The lowest BCUT2D eigenvalue weighted by Gasteiger charge is -2.18. The molecule has 0 fully saturated rings. The summed E-state index contributed by atoms with van der Waals surface area (Å²) < 4.78 is 5.24. The fourth-order valence-electron chi connectivity index (χ4n) is 3.32. The van der Waals surface area contributed by atoms with Gasteiger partial charge >= 0.3 is 6.03 Å². The van der Waals surface area contributed by atoms with Crippen LogP contribution < -0.4 is 15.4 Å². The minimum absolute atomic E-state index is 0.261. The van der Waals surface area contributed by atoms with Crippen LogP contribution in [0.4, 0.5) is 4.79 Å². The van der Waals surface area contributed by atoms with Crippen LogP contribution >= 0.6 is 0 Å². The van der Waals surface area contributed by atoms with Crippen molar-refractivity contribution in [3.8, 4) is 5.75 Å². The van der Waals surface area contributed by atoms with Crippen LogP contribution in [0.15, 0.2) is 67.1 Å². The van der Waals surface area contributed by atoms with Gasteiger partial charge in [-0.05, 0) is 36.2 Å². The zero-order chi connectivity index (χ0) is 21.5. The molecule has 2 heterocycles. The van der Waals surface area contributed by atoms with Crippen LogP contribution in [0.2, 0.25) is 0 Å². The van der Waals surface area contributed by atoms with Crippen LogP contribution in [-0.2, 0) is 12.8 Å². The zero-order valence-corrected chi connectivity index (χ0v) is 17.2. The number of amides is 2. The van der Waals surface area contributed by atoms with Gasteiger partial charge in [-0.15, -0.1) is 0 Å². The number of imidazole rings is 1. The molecule has 0 aliphatic carbocycles. The number of nitrogens with zero attached hydrogens (tertiary/aromatic N) is 3. The Balaban J connectivity index is 1.46. The zero-order valence-electron chi connectivity index (χ0n) is 17.2. The molecule has 3 N–H and O–H groups in total. The van der Waals surface area contributed by atoms with E-state index in [2.05, 4.69) is 30.6 Å². The molecule has 0 saturated heterocycles. The van der Waals surface area contributed by atoms with E-state index in [1.165, 1.54) is 0 Å². The van der Waals surface area contributed by atoms with E-state index in [1.807, 2.05) is 48.5 Å². The maximum absolute atomic E-state index is 12.6. The molecule has 1 unspecified atom stereocenters. The molecule has 4 aromatic rings. The minimum Gasteiger partial charge on any atom is -0.497 e. The number of H-pyrrole nitrogens is 1. The van der Waals surface area contributed by atoms with E-state index >= 15 is 0 Å². The third-order valence-corrected chi connectivity index (χ3v) is 4.93. The smallest absolute Gasteiger partial charge is 0.315 e. The van der Waals surface area contributed by atoms with Gasteiger partial charge in [0, 0.05) is 31.6 Å². The highest BCUT2D eigenvalue weighted by Crippen LogP contribution is 2.21. The van der Waals surface area contributed by atoms with E-state index < -0.39 is 0 Å². The number of benzene rings is 2. The number of rotatable bonds is 8. The number of nitrogens with one attached hydrogen (secondary N) is 3. The average Bonchev–Trinajstić information content (AvgIpc) is 3.24. The third-order valence-electron chi connectivity index (χ3n) is 4.93. The quantitative estimate of drug-likeness (QED) is 0.409. The summed E-state index contributed by atoms with van der Waals surface area (Å²) in [6, 6.07) is 15.0. The number of aromatic nitrogens is 4. The fraction of sp³-hybridized carbons (Fsp3) is 0.217. The molecular formula is C23H24N6O2. The highest BCUT2D eigenvalue weighted by Gasteiger charge is 2.19. The van der Waals surface area contributed by atoms with Gasteiger partial charge in [0.15, 0.2) is 0 Å². The molecule has 1 atom stereocenters. The summed E-state index contributed by atoms with van der Waals surface area (Å²) in [5.41, 5.74) is 3.69. The van der Waals surface area contributed by atoms with Gasteiger partial charge in [-0.25, -0.2) is 9.78 Å².